The van der Waals surface area contributed by atoms with Crippen LogP contribution >= 0.6 is 0 Å². The molecule has 0 spiro atoms. The van der Waals surface area contributed by atoms with Gasteiger partial charge in [-0.25, -0.2) is 0 Å². The van der Waals surface area contributed by atoms with Crippen LogP contribution in [0.1, 0.15) is 30.6 Å². The molecule has 1 aliphatic carbocycles. The molecule has 0 aliphatic heterocycles. The average molecular weight is 241 g/mol. The molecule has 1 aromatic heterocycles. The summed E-state index contributed by atoms with van der Waals surface area (Å²) in [6.45, 7) is 0. The predicted molar refractivity (Wildman–Crippen MR) is 72.4 cm³/mol. The molecule has 2 nitrogen and oxygen atoms in total. The lowest BCUT2D eigenvalue weighted by Gasteiger charge is -2.47. The number of hydrogen-bond donors (Lipinski definition) is 1. The minimum absolute atomic E-state index is 0.139. The molecular formula is C16H19NO. The Morgan fingerprint density at radius 3 is 2.44 bits per heavy atom. The fourth-order valence-electron chi connectivity index (χ4n) is 3.04. The quantitative estimate of drug-likeness (QED) is 0.892. The number of nitrogens with two attached hydrogens (primary N) is 1. The predicted octanol–water partition coefficient (Wildman–Crippen LogP) is 3.27. The number of furan rings is 1. The van der Waals surface area contributed by atoms with Crippen molar-refractivity contribution < 1.29 is 4.42 Å². The van der Waals surface area contributed by atoms with Crippen molar-refractivity contribution in [3.63, 3.8) is 0 Å². The monoisotopic (exact) mass is 241 g/mol. The SMILES string of the molecule is NC(Cc1ccco1)C1(c2ccccc2)CCC1. The van der Waals surface area contributed by atoms with Crippen LogP contribution in [0.15, 0.2) is 53.1 Å². The Morgan fingerprint density at radius 1 is 1.11 bits per heavy atom. The first-order chi connectivity index (χ1) is 8.81. The summed E-state index contributed by atoms with van der Waals surface area (Å²) in [7, 11) is 0. The molecule has 2 aromatic rings. The Hall–Kier alpha value is -1.54. The van der Waals surface area contributed by atoms with Gasteiger partial charge in [-0.2, -0.15) is 0 Å². The van der Waals surface area contributed by atoms with Crippen molar-refractivity contribution in [1.29, 1.82) is 0 Å². The number of benzene rings is 1. The zero-order valence-corrected chi connectivity index (χ0v) is 10.5. The van der Waals surface area contributed by atoms with Gasteiger partial charge in [0.1, 0.15) is 5.76 Å². The van der Waals surface area contributed by atoms with Crippen molar-refractivity contribution in [3.8, 4) is 0 Å². The van der Waals surface area contributed by atoms with Gasteiger partial charge in [-0.3, -0.25) is 0 Å². The molecule has 0 radical (unpaired) electrons. The van der Waals surface area contributed by atoms with E-state index in [0.717, 1.165) is 12.2 Å². The maximum atomic E-state index is 6.48. The van der Waals surface area contributed by atoms with Gasteiger partial charge in [-0.05, 0) is 30.5 Å². The highest BCUT2D eigenvalue weighted by Gasteiger charge is 2.43. The Balaban J connectivity index is 1.83. The fraction of sp³-hybridized carbons (Fsp3) is 0.375. The second-order valence-corrected chi connectivity index (χ2v) is 5.27. The van der Waals surface area contributed by atoms with E-state index in [1.54, 1.807) is 6.26 Å². The van der Waals surface area contributed by atoms with Gasteiger partial charge in [-0.1, -0.05) is 36.8 Å². The third-order valence-electron chi connectivity index (χ3n) is 4.31. The van der Waals surface area contributed by atoms with E-state index in [1.165, 1.54) is 24.8 Å². The summed E-state index contributed by atoms with van der Waals surface area (Å²) in [5.41, 5.74) is 8.02. The standard InChI is InChI=1S/C16H19NO/c17-15(12-14-8-4-11-18-14)16(9-5-10-16)13-6-2-1-3-7-13/h1-4,6-8,11,15H,5,9-10,12,17H2. The summed E-state index contributed by atoms with van der Waals surface area (Å²) < 4.78 is 5.42. The van der Waals surface area contributed by atoms with Crippen LogP contribution in [-0.2, 0) is 11.8 Å². The van der Waals surface area contributed by atoms with Crippen molar-refractivity contribution in [2.24, 2.45) is 5.73 Å². The topological polar surface area (TPSA) is 39.2 Å². The van der Waals surface area contributed by atoms with E-state index in [0.29, 0.717) is 0 Å². The summed E-state index contributed by atoms with van der Waals surface area (Å²) >= 11 is 0. The summed E-state index contributed by atoms with van der Waals surface area (Å²) in [5.74, 6) is 0.990. The molecule has 3 rings (SSSR count). The molecule has 18 heavy (non-hydrogen) atoms. The van der Waals surface area contributed by atoms with Crippen molar-refractivity contribution in [2.75, 3.05) is 0 Å². The molecule has 1 heterocycles. The fourth-order valence-corrected chi connectivity index (χ4v) is 3.04. The van der Waals surface area contributed by atoms with Crippen LogP contribution in [0.3, 0.4) is 0 Å². The van der Waals surface area contributed by atoms with Crippen LogP contribution in [0.5, 0.6) is 0 Å². The smallest absolute Gasteiger partial charge is 0.105 e. The van der Waals surface area contributed by atoms with Gasteiger partial charge in [0, 0.05) is 17.9 Å². The lowest BCUT2D eigenvalue weighted by atomic mass is 9.59. The molecule has 2 N–H and O–H groups in total. The molecule has 2 heteroatoms. The van der Waals surface area contributed by atoms with E-state index in [4.69, 9.17) is 10.2 Å². The van der Waals surface area contributed by atoms with E-state index < -0.39 is 0 Å². The number of rotatable bonds is 4. The molecule has 94 valence electrons. The van der Waals surface area contributed by atoms with Crippen LogP contribution in [0.4, 0.5) is 0 Å². The van der Waals surface area contributed by atoms with Gasteiger partial charge < -0.3 is 10.2 Å². The van der Waals surface area contributed by atoms with E-state index in [9.17, 15) is 0 Å². The van der Waals surface area contributed by atoms with Gasteiger partial charge >= 0.3 is 0 Å². The molecule has 1 unspecified atom stereocenters. The van der Waals surface area contributed by atoms with Crippen molar-refractivity contribution in [3.05, 3.63) is 60.1 Å². The molecule has 0 bridgehead atoms. The molecule has 0 amide bonds. The van der Waals surface area contributed by atoms with Crippen molar-refractivity contribution in [2.45, 2.75) is 37.1 Å². The zero-order chi connectivity index (χ0) is 12.4. The summed E-state index contributed by atoms with van der Waals surface area (Å²) in [4.78, 5) is 0. The summed E-state index contributed by atoms with van der Waals surface area (Å²) in [5, 5.41) is 0. The van der Waals surface area contributed by atoms with Crippen LogP contribution in [0, 0.1) is 0 Å². The van der Waals surface area contributed by atoms with E-state index >= 15 is 0 Å². The normalized spacial score (nSPS) is 19.2. The van der Waals surface area contributed by atoms with Crippen LogP contribution in [-0.4, -0.2) is 6.04 Å². The first kappa shape index (κ1) is 11.5. The maximum absolute atomic E-state index is 6.48. The lowest BCUT2D eigenvalue weighted by molar-refractivity contribution is 0.190. The summed E-state index contributed by atoms with van der Waals surface area (Å²) in [6, 6.07) is 14.8. The molecule has 1 fully saturated rings. The maximum Gasteiger partial charge on any atom is 0.105 e. The minimum Gasteiger partial charge on any atom is -0.469 e. The Bertz CT molecular complexity index is 485. The minimum atomic E-state index is 0.139. The van der Waals surface area contributed by atoms with Gasteiger partial charge in [0.2, 0.25) is 0 Å². The highest BCUT2D eigenvalue weighted by atomic mass is 16.3. The van der Waals surface area contributed by atoms with Crippen molar-refractivity contribution >= 4 is 0 Å². The Kier molecular flexibility index (Phi) is 2.96. The second kappa shape index (κ2) is 4.62. The second-order valence-electron chi connectivity index (χ2n) is 5.27. The van der Waals surface area contributed by atoms with Crippen LogP contribution < -0.4 is 5.73 Å². The third-order valence-corrected chi connectivity index (χ3v) is 4.31. The van der Waals surface area contributed by atoms with Crippen LogP contribution in [0.2, 0.25) is 0 Å². The van der Waals surface area contributed by atoms with Crippen LogP contribution in [0.25, 0.3) is 0 Å². The summed E-state index contributed by atoms with van der Waals surface area (Å²) in [6.07, 6.45) is 6.21. The number of hydrogen-bond acceptors (Lipinski definition) is 2. The average Bonchev–Trinajstić information content (AvgIpc) is 2.82. The van der Waals surface area contributed by atoms with E-state index in [-0.39, 0.29) is 11.5 Å². The van der Waals surface area contributed by atoms with E-state index in [1.807, 2.05) is 12.1 Å². The Morgan fingerprint density at radius 2 is 1.89 bits per heavy atom. The molecule has 1 aliphatic rings. The highest BCUT2D eigenvalue weighted by molar-refractivity contribution is 5.31. The molecular weight excluding hydrogens is 222 g/mol. The molecule has 1 atom stereocenters. The van der Waals surface area contributed by atoms with Gasteiger partial charge in [-0.15, -0.1) is 0 Å². The van der Waals surface area contributed by atoms with Gasteiger partial charge in [0.25, 0.3) is 0 Å². The largest absolute Gasteiger partial charge is 0.469 e. The van der Waals surface area contributed by atoms with E-state index in [2.05, 4.69) is 30.3 Å². The van der Waals surface area contributed by atoms with Gasteiger partial charge in [0.05, 0.1) is 6.26 Å². The lowest BCUT2D eigenvalue weighted by Crippen LogP contribution is -2.51. The first-order valence-electron chi connectivity index (χ1n) is 6.65. The first-order valence-corrected chi connectivity index (χ1v) is 6.65. The molecule has 0 saturated heterocycles. The van der Waals surface area contributed by atoms with Crippen molar-refractivity contribution in [1.82, 2.24) is 0 Å². The molecule has 1 saturated carbocycles. The zero-order valence-electron chi connectivity index (χ0n) is 10.5. The third kappa shape index (κ3) is 1.87. The Labute approximate surface area is 108 Å². The molecule has 1 aromatic carbocycles. The highest BCUT2D eigenvalue weighted by Crippen LogP contribution is 2.46. The van der Waals surface area contributed by atoms with Gasteiger partial charge in [0.15, 0.2) is 0 Å².